The first kappa shape index (κ1) is 19.3. The number of benzene rings is 1. The Morgan fingerprint density at radius 2 is 1.88 bits per heavy atom. The van der Waals surface area contributed by atoms with Crippen molar-refractivity contribution in [3.63, 3.8) is 0 Å². The minimum Gasteiger partial charge on any atom is -0.490 e. The van der Waals surface area contributed by atoms with Crippen molar-refractivity contribution in [2.24, 2.45) is 11.5 Å². The molecule has 1 aliphatic heterocycles. The molecule has 0 aliphatic carbocycles. The molecular weight excluding hydrogens is 308 g/mol. The summed E-state index contributed by atoms with van der Waals surface area (Å²) in [7, 11) is 1.39. The predicted molar refractivity (Wildman–Crippen MR) is 96.2 cm³/mol. The summed E-state index contributed by atoms with van der Waals surface area (Å²) < 4.78 is 4.97. The summed E-state index contributed by atoms with van der Waals surface area (Å²) in [6.07, 6.45) is 5.67. The average Bonchev–Trinajstić information content (AvgIpc) is 3.15. The van der Waals surface area contributed by atoms with Crippen LogP contribution in [-0.2, 0) is 0 Å². The van der Waals surface area contributed by atoms with E-state index in [9.17, 15) is 10.1 Å². The van der Waals surface area contributed by atoms with Crippen molar-refractivity contribution < 1.29 is 9.66 Å². The zero-order valence-corrected chi connectivity index (χ0v) is 14.5. The summed E-state index contributed by atoms with van der Waals surface area (Å²) in [5.74, 6) is 0.858. The van der Waals surface area contributed by atoms with E-state index >= 15 is 0 Å². The minimum atomic E-state index is -0.496. The van der Waals surface area contributed by atoms with Crippen molar-refractivity contribution in [1.82, 2.24) is 4.90 Å². The first-order valence-corrected chi connectivity index (χ1v) is 8.03. The highest BCUT2D eigenvalue weighted by Crippen LogP contribution is 2.29. The summed E-state index contributed by atoms with van der Waals surface area (Å²) in [6.45, 7) is 5.90. The molecule has 7 heteroatoms. The third kappa shape index (κ3) is 4.91. The molecule has 1 aromatic rings. The van der Waals surface area contributed by atoms with Crippen LogP contribution in [0.25, 0.3) is 5.70 Å². The van der Waals surface area contributed by atoms with Crippen LogP contribution in [0.3, 0.4) is 0 Å². The fraction of sp³-hybridized carbons (Fsp3) is 0.412. The van der Waals surface area contributed by atoms with Gasteiger partial charge in [0.1, 0.15) is 0 Å². The Kier molecular flexibility index (Phi) is 7.61. The van der Waals surface area contributed by atoms with Gasteiger partial charge in [-0.25, -0.2) is 0 Å². The molecule has 0 amide bonds. The second kappa shape index (κ2) is 9.44. The van der Waals surface area contributed by atoms with Gasteiger partial charge in [-0.15, -0.1) is 0 Å². The second-order valence-corrected chi connectivity index (χ2v) is 5.05. The molecule has 24 heavy (non-hydrogen) atoms. The van der Waals surface area contributed by atoms with E-state index in [1.807, 2.05) is 13.8 Å². The van der Waals surface area contributed by atoms with E-state index in [0.29, 0.717) is 17.1 Å². The molecule has 1 aliphatic rings. The molecule has 1 aromatic carbocycles. The Morgan fingerprint density at radius 3 is 2.42 bits per heavy atom. The quantitative estimate of drug-likeness (QED) is 0.487. The maximum absolute atomic E-state index is 11.0. The highest BCUT2D eigenvalue weighted by molar-refractivity contribution is 5.68. The fourth-order valence-electron chi connectivity index (χ4n) is 2.36. The van der Waals surface area contributed by atoms with Crippen molar-refractivity contribution in [2.45, 2.75) is 26.7 Å². The third-order valence-corrected chi connectivity index (χ3v) is 3.61. The molecule has 0 unspecified atom stereocenters. The normalized spacial score (nSPS) is 14.9. The number of methoxy groups -OCH3 is 1. The van der Waals surface area contributed by atoms with Gasteiger partial charge in [-0.3, -0.25) is 10.1 Å². The Morgan fingerprint density at radius 1 is 1.25 bits per heavy atom. The average molecular weight is 334 g/mol. The van der Waals surface area contributed by atoms with Gasteiger partial charge < -0.3 is 21.1 Å². The number of allylic oxidation sites excluding steroid dienone is 2. The molecule has 1 heterocycles. The molecule has 0 radical (unpaired) electrons. The number of hydrogen-bond donors (Lipinski definition) is 2. The first-order valence-electron chi connectivity index (χ1n) is 8.03. The summed E-state index contributed by atoms with van der Waals surface area (Å²) in [5, 5.41) is 11.0. The van der Waals surface area contributed by atoms with Crippen LogP contribution in [0.1, 0.15) is 32.3 Å². The molecular formula is C17H26N4O3. The highest BCUT2D eigenvalue weighted by atomic mass is 16.6. The van der Waals surface area contributed by atoms with Crippen molar-refractivity contribution in [1.29, 1.82) is 0 Å². The molecule has 2 rings (SSSR count). The third-order valence-electron chi connectivity index (χ3n) is 3.61. The number of nitro groups is 1. The predicted octanol–water partition coefficient (Wildman–Crippen LogP) is 2.83. The van der Waals surface area contributed by atoms with Crippen molar-refractivity contribution in [3.05, 3.63) is 51.8 Å². The molecule has 0 spiro atoms. The van der Waals surface area contributed by atoms with Gasteiger partial charge in [0, 0.05) is 30.4 Å². The number of rotatable bonds is 5. The number of nitrogens with two attached hydrogens (primary N) is 2. The molecule has 1 fully saturated rings. The van der Waals surface area contributed by atoms with Gasteiger partial charge >= 0.3 is 5.69 Å². The van der Waals surface area contributed by atoms with E-state index in [2.05, 4.69) is 4.90 Å². The number of hydrogen-bond acceptors (Lipinski definition) is 6. The summed E-state index contributed by atoms with van der Waals surface area (Å²) in [4.78, 5) is 12.6. The zero-order chi connectivity index (χ0) is 18.1. The minimum absolute atomic E-state index is 0.118. The van der Waals surface area contributed by atoms with Gasteiger partial charge in [0.05, 0.1) is 17.9 Å². The summed E-state index contributed by atoms with van der Waals surface area (Å²) >= 11 is 0. The number of nitrogens with zero attached hydrogens (tertiary/aromatic N) is 2. The molecule has 0 bridgehead atoms. The van der Waals surface area contributed by atoms with Crippen LogP contribution < -0.4 is 16.2 Å². The summed E-state index contributed by atoms with van der Waals surface area (Å²) in [6, 6.07) is 4.60. The van der Waals surface area contributed by atoms with E-state index < -0.39 is 4.92 Å². The van der Waals surface area contributed by atoms with E-state index in [0.717, 1.165) is 25.9 Å². The van der Waals surface area contributed by atoms with Gasteiger partial charge in [0.2, 0.25) is 0 Å². The molecule has 0 atom stereocenters. The van der Waals surface area contributed by atoms with E-state index in [1.165, 1.54) is 19.2 Å². The molecule has 1 saturated heterocycles. The Labute approximate surface area is 142 Å². The maximum atomic E-state index is 11.0. The van der Waals surface area contributed by atoms with Crippen molar-refractivity contribution in [2.75, 3.05) is 20.2 Å². The smallest absolute Gasteiger partial charge is 0.311 e. The lowest BCUT2D eigenvalue weighted by molar-refractivity contribution is -0.385. The molecule has 0 saturated carbocycles. The Balaban J connectivity index is 0.00000139. The highest BCUT2D eigenvalue weighted by Gasteiger charge is 2.16. The van der Waals surface area contributed by atoms with Gasteiger partial charge in [0.25, 0.3) is 0 Å². The van der Waals surface area contributed by atoms with Crippen molar-refractivity contribution >= 4 is 11.4 Å². The molecule has 4 N–H and O–H groups in total. The number of likely N-dealkylation sites (tertiary alicyclic amines) is 1. The lowest BCUT2D eigenvalue weighted by Crippen LogP contribution is -2.24. The van der Waals surface area contributed by atoms with E-state index in [-0.39, 0.29) is 11.4 Å². The Bertz CT molecular complexity index is 620. The van der Waals surface area contributed by atoms with Crippen LogP contribution >= 0.6 is 0 Å². The van der Waals surface area contributed by atoms with Crippen LogP contribution in [-0.4, -0.2) is 30.0 Å². The largest absolute Gasteiger partial charge is 0.490 e. The van der Waals surface area contributed by atoms with Crippen molar-refractivity contribution in [3.8, 4) is 5.75 Å². The van der Waals surface area contributed by atoms with Gasteiger partial charge in [0.15, 0.2) is 5.75 Å². The lowest BCUT2D eigenvalue weighted by Gasteiger charge is -2.16. The number of ether oxygens (including phenoxy) is 1. The number of nitro benzene ring substituents is 1. The van der Waals surface area contributed by atoms with Crippen LogP contribution in [0.5, 0.6) is 5.75 Å². The topological polar surface area (TPSA) is 108 Å². The summed E-state index contributed by atoms with van der Waals surface area (Å²) in [5.41, 5.74) is 12.8. The first-order chi connectivity index (χ1) is 11.5. The maximum Gasteiger partial charge on any atom is 0.311 e. The van der Waals surface area contributed by atoms with Gasteiger partial charge in [-0.2, -0.15) is 0 Å². The standard InChI is InChI=1S/C15H20N4O3.C2H6/c1-22-14-6-4-11(10-13(14)19(20)21)12(16)5-7-15(17)18-8-2-3-9-18;1-2/h4-7,10H,2-3,8-9,16-17H2,1H3;1-2H3/b12-5-,15-7+;. The van der Waals surface area contributed by atoms with Crippen LogP contribution in [0.15, 0.2) is 36.2 Å². The fourth-order valence-corrected chi connectivity index (χ4v) is 2.36. The van der Waals surface area contributed by atoms with Gasteiger partial charge in [-0.1, -0.05) is 13.8 Å². The lowest BCUT2D eigenvalue weighted by atomic mass is 10.1. The van der Waals surface area contributed by atoms with Crippen LogP contribution in [0.4, 0.5) is 5.69 Å². The SMILES string of the molecule is CC.COc1ccc(/C(N)=C/C=C(\N)N2CCCC2)cc1[N+](=O)[O-]. The molecule has 132 valence electrons. The van der Waals surface area contributed by atoms with E-state index in [4.69, 9.17) is 16.2 Å². The van der Waals surface area contributed by atoms with Gasteiger partial charge in [-0.05, 0) is 37.1 Å². The molecule has 0 aromatic heterocycles. The monoisotopic (exact) mass is 334 g/mol. The van der Waals surface area contributed by atoms with Crippen LogP contribution in [0, 0.1) is 10.1 Å². The van der Waals surface area contributed by atoms with Crippen LogP contribution in [0.2, 0.25) is 0 Å². The zero-order valence-electron chi connectivity index (χ0n) is 14.5. The molecule has 7 nitrogen and oxygen atoms in total. The second-order valence-electron chi connectivity index (χ2n) is 5.05. The Hall–Kier alpha value is -2.70. The van der Waals surface area contributed by atoms with E-state index in [1.54, 1.807) is 18.2 Å².